The van der Waals surface area contributed by atoms with E-state index in [9.17, 15) is 8.42 Å². The molecule has 1 aromatic carbocycles. The van der Waals surface area contributed by atoms with Crippen LogP contribution in [0.3, 0.4) is 0 Å². The standard InChI is InChI=1S/C14H23NO5S/c1-11(2)20-9-5-8-15-21(16,17)12-6-7-13(18-3)14(10-12)19-4/h6-7,10-11,15H,5,8-9H2,1-4H3. The van der Waals surface area contributed by atoms with Crippen molar-refractivity contribution in [3.63, 3.8) is 0 Å². The van der Waals surface area contributed by atoms with E-state index in [0.717, 1.165) is 0 Å². The number of nitrogens with one attached hydrogen (secondary N) is 1. The lowest BCUT2D eigenvalue weighted by molar-refractivity contribution is 0.0778. The van der Waals surface area contributed by atoms with Crippen LogP contribution in [0, 0.1) is 0 Å². The lowest BCUT2D eigenvalue weighted by atomic mass is 10.3. The maximum atomic E-state index is 12.1. The van der Waals surface area contributed by atoms with E-state index in [-0.39, 0.29) is 11.0 Å². The third kappa shape index (κ3) is 5.53. The van der Waals surface area contributed by atoms with Crippen molar-refractivity contribution in [2.24, 2.45) is 0 Å². The van der Waals surface area contributed by atoms with Gasteiger partial charge in [-0.3, -0.25) is 0 Å². The predicted octanol–water partition coefficient (Wildman–Crippen LogP) is 1.80. The van der Waals surface area contributed by atoms with Crippen molar-refractivity contribution in [1.82, 2.24) is 4.72 Å². The van der Waals surface area contributed by atoms with Crippen LogP contribution in [0.2, 0.25) is 0 Å². The molecule has 0 aliphatic carbocycles. The number of benzene rings is 1. The van der Waals surface area contributed by atoms with E-state index in [0.29, 0.717) is 31.1 Å². The Hall–Kier alpha value is -1.31. The molecule has 1 N–H and O–H groups in total. The summed E-state index contributed by atoms with van der Waals surface area (Å²) >= 11 is 0. The van der Waals surface area contributed by atoms with Crippen LogP contribution >= 0.6 is 0 Å². The zero-order valence-corrected chi connectivity index (χ0v) is 13.7. The van der Waals surface area contributed by atoms with E-state index < -0.39 is 10.0 Å². The maximum absolute atomic E-state index is 12.1. The lowest BCUT2D eigenvalue weighted by Gasteiger charge is -2.11. The van der Waals surface area contributed by atoms with Crippen LogP contribution < -0.4 is 14.2 Å². The van der Waals surface area contributed by atoms with Gasteiger partial charge in [0.25, 0.3) is 0 Å². The molecule has 0 spiro atoms. The molecular formula is C14H23NO5S. The monoisotopic (exact) mass is 317 g/mol. The average molecular weight is 317 g/mol. The Bertz CT molecular complexity index is 542. The van der Waals surface area contributed by atoms with E-state index in [1.54, 1.807) is 6.07 Å². The van der Waals surface area contributed by atoms with Gasteiger partial charge in [0.15, 0.2) is 11.5 Å². The number of methoxy groups -OCH3 is 2. The lowest BCUT2D eigenvalue weighted by Crippen LogP contribution is -2.26. The summed E-state index contributed by atoms with van der Waals surface area (Å²) in [6.45, 7) is 4.72. The molecule has 0 aliphatic heterocycles. The van der Waals surface area contributed by atoms with Crippen molar-refractivity contribution in [2.75, 3.05) is 27.4 Å². The first-order valence-corrected chi connectivity index (χ1v) is 8.22. The second-order valence-corrected chi connectivity index (χ2v) is 6.45. The molecule has 1 rings (SSSR count). The van der Waals surface area contributed by atoms with Gasteiger partial charge in [0.1, 0.15) is 0 Å². The summed E-state index contributed by atoms with van der Waals surface area (Å²) in [5.74, 6) is 0.866. The van der Waals surface area contributed by atoms with Crippen LogP contribution in [0.4, 0.5) is 0 Å². The molecular weight excluding hydrogens is 294 g/mol. The third-order valence-electron chi connectivity index (χ3n) is 2.73. The van der Waals surface area contributed by atoms with Crippen molar-refractivity contribution in [3.05, 3.63) is 18.2 Å². The second-order valence-electron chi connectivity index (χ2n) is 4.69. The molecule has 21 heavy (non-hydrogen) atoms. The normalized spacial score (nSPS) is 11.7. The van der Waals surface area contributed by atoms with Crippen LogP contribution in [-0.4, -0.2) is 41.9 Å². The van der Waals surface area contributed by atoms with Crippen LogP contribution in [0.1, 0.15) is 20.3 Å². The van der Waals surface area contributed by atoms with Gasteiger partial charge in [-0.2, -0.15) is 0 Å². The summed E-state index contributed by atoms with van der Waals surface area (Å²) < 4.78 is 42.4. The Labute approximate surface area is 126 Å². The molecule has 7 heteroatoms. The number of ether oxygens (including phenoxy) is 3. The molecule has 0 atom stereocenters. The fraction of sp³-hybridized carbons (Fsp3) is 0.571. The molecule has 0 saturated carbocycles. The molecule has 120 valence electrons. The molecule has 0 fully saturated rings. The van der Waals surface area contributed by atoms with Crippen LogP contribution in [-0.2, 0) is 14.8 Å². The van der Waals surface area contributed by atoms with Crippen LogP contribution in [0.5, 0.6) is 11.5 Å². The third-order valence-corrected chi connectivity index (χ3v) is 4.19. The molecule has 1 aromatic rings. The van der Waals surface area contributed by atoms with Crippen molar-refractivity contribution in [3.8, 4) is 11.5 Å². The number of hydrogen-bond acceptors (Lipinski definition) is 5. The number of rotatable bonds is 9. The van der Waals surface area contributed by atoms with Crippen molar-refractivity contribution in [1.29, 1.82) is 0 Å². The van der Waals surface area contributed by atoms with Crippen molar-refractivity contribution >= 4 is 10.0 Å². The smallest absolute Gasteiger partial charge is 0.240 e. The molecule has 0 heterocycles. The Kier molecular flexibility index (Phi) is 6.94. The average Bonchev–Trinajstić information content (AvgIpc) is 2.45. The van der Waals surface area contributed by atoms with E-state index in [2.05, 4.69) is 4.72 Å². The highest BCUT2D eigenvalue weighted by molar-refractivity contribution is 7.89. The molecule has 0 saturated heterocycles. The highest BCUT2D eigenvalue weighted by Gasteiger charge is 2.16. The van der Waals surface area contributed by atoms with E-state index in [1.165, 1.54) is 26.4 Å². The first-order chi connectivity index (χ1) is 9.90. The van der Waals surface area contributed by atoms with Gasteiger partial charge in [0.05, 0.1) is 25.2 Å². The summed E-state index contributed by atoms with van der Waals surface area (Å²) in [5.41, 5.74) is 0. The van der Waals surface area contributed by atoms with Gasteiger partial charge in [0.2, 0.25) is 10.0 Å². The molecule has 0 radical (unpaired) electrons. The minimum atomic E-state index is -3.56. The quantitative estimate of drug-likeness (QED) is 0.703. The Morgan fingerprint density at radius 3 is 2.38 bits per heavy atom. The molecule has 0 unspecified atom stereocenters. The maximum Gasteiger partial charge on any atom is 0.240 e. The summed E-state index contributed by atoms with van der Waals surface area (Å²) in [5, 5.41) is 0. The Morgan fingerprint density at radius 1 is 1.14 bits per heavy atom. The summed E-state index contributed by atoms with van der Waals surface area (Å²) in [6, 6.07) is 4.48. The van der Waals surface area contributed by atoms with Gasteiger partial charge in [-0.25, -0.2) is 13.1 Å². The van der Waals surface area contributed by atoms with Crippen LogP contribution in [0.25, 0.3) is 0 Å². The fourth-order valence-electron chi connectivity index (χ4n) is 1.66. The minimum Gasteiger partial charge on any atom is -0.493 e. The van der Waals surface area contributed by atoms with Gasteiger partial charge in [-0.05, 0) is 32.4 Å². The first kappa shape index (κ1) is 17.7. The SMILES string of the molecule is COc1ccc(S(=O)(=O)NCCCOC(C)C)cc1OC. The highest BCUT2D eigenvalue weighted by atomic mass is 32.2. The predicted molar refractivity (Wildman–Crippen MR) is 80.4 cm³/mol. The second kappa shape index (κ2) is 8.21. The van der Waals surface area contributed by atoms with Crippen molar-refractivity contribution in [2.45, 2.75) is 31.3 Å². The fourth-order valence-corrected chi connectivity index (χ4v) is 2.75. The Morgan fingerprint density at radius 2 is 1.81 bits per heavy atom. The molecule has 0 aromatic heterocycles. The first-order valence-electron chi connectivity index (χ1n) is 6.74. The zero-order chi connectivity index (χ0) is 15.9. The van der Waals surface area contributed by atoms with E-state index in [1.807, 2.05) is 13.8 Å². The minimum absolute atomic E-state index is 0.143. The zero-order valence-electron chi connectivity index (χ0n) is 12.9. The topological polar surface area (TPSA) is 73.9 Å². The van der Waals surface area contributed by atoms with Gasteiger partial charge in [-0.15, -0.1) is 0 Å². The highest BCUT2D eigenvalue weighted by Crippen LogP contribution is 2.29. The summed E-state index contributed by atoms with van der Waals surface area (Å²) in [6.07, 6.45) is 0.762. The van der Waals surface area contributed by atoms with Crippen molar-refractivity contribution < 1.29 is 22.6 Å². The van der Waals surface area contributed by atoms with Gasteiger partial charge in [0, 0.05) is 19.2 Å². The van der Waals surface area contributed by atoms with Gasteiger partial charge in [-0.1, -0.05) is 0 Å². The molecule has 0 amide bonds. The molecule has 0 aliphatic rings. The number of sulfonamides is 1. The number of hydrogen-bond donors (Lipinski definition) is 1. The van der Waals surface area contributed by atoms with Gasteiger partial charge < -0.3 is 14.2 Å². The molecule has 0 bridgehead atoms. The summed E-state index contributed by atoms with van der Waals surface area (Å²) in [7, 11) is -0.597. The van der Waals surface area contributed by atoms with E-state index >= 15 is 0 Å². The van der Waals surface area contributed by atoms with E-state index in [4.69, 9.17) is 14.2 Å². The largest absolute Gasteiger partial charge is 0.493 e. The van der Waals surface area contributed by atoms with Crippen LogP contribution in [0.15, 0.2) is 23.1 Å². The summed E-state index contributed by atoms with van der Waals surface area (Å²) in [4.78, 5) is 0.143. The Balaban J connectivity index is 2.66. The van der Waals surface area contributed by atoms with Gasteiger partial charge >= 0.3 is 0 Å². The molecule has 6 nitrogen and oxygen atoms in total.